The van der Waals surface area contributed by atoms with Crippen LogP contribution in [0.2, 0.25) is 0 Å². The summed E-state index contributed by atoms with van der Waals surface area (Å²) in [5, 5.41) is 4.86. The van der Waals surface area contributed by atoms with Crippen molar-refractivity contribution in [2.45, 2.75) is 24.7 Å². The second-order valence-electron chi connectivity index (χ2n) is 17.1. The Morgan fingerprint density at radius 2 is 1.07 bits per heavy atom. The maximum absolute atomic E-state index is 6.80. The molecule has 2 aliphatic rings. The zero-order valence-corrected chi connectivity index (χ0v) is 34.6. The van der Waals surface area contributed by atoms with Gasteiger partial charge in [0.2, 0.25) is 0 Å². The summed E-state index contributed by atoms with van der Waals surface area (Å²) in [5.74, 6) is 0. The third kappa shape index (κ3) is 4.62. The van der Waals surface area contributed by atoms with Gasteiger partial charge in [0.1, 0.15) is 11.2 Å². The summed E-state index contributed by atoms with van der Waals surface area (Å²) in [6, 6.07) is 74.2. The molecule has 2 nitrogen and oxygen atoms in total. The van der Waals surface area contributed by atoms with E-state index in [-0.39, 0.29) is 5.41 Å². The van der Waals surface area contributed by atoms with Gasteiger partial charge >= 0.3 is 0 Å². The molecule has 2 aliphatic carbocycles. The van der Waals surface area contributed by atoms with E-state index in [1.54, 1.807) is 0 Å². The molecule has 0 amide bonds. The Morgan fingerprint density at radius 3 is 1.84 bits per heavy atom. The van der Waals surface area contributed by atoms with E-state index in [9.17, 15) is 0 Å². The minimum atomic E-state index is -0.559. The number of rotatable bonds is 5. The van der Waals surface area contributed by atoms with Crippen molar-refractivity contribution in [3.8, 4) is 22.3 Å². The van der Waals surface area contributed by atoms with E-state index >= 15 is 0 Å². The number of benzene rings is 9. The fourth-order valence-corrected chi connectivity index (χ4v) is 12.5. The lowest BCUT2D eigenvalue weighted by atomic mass is 9.67. The summed E-state index contributed by atoms with van der Waals surface area (Å²) in [6.45, 7) is 4.78. The molecule has 0 N–H and O–H groups in total. The molecule has 0 fully saturated rings. The smallest absolute Gasteiger partial charge is 0.140 e. The second-order valence-corrected chi connectivity index (χ2v) is 18.2. The zero-order chi connectivity index (χ0) is 40.5. The van der Waals surface area contributed by atoms with Gasteiger partial charge in [0.05, 0.1) is 16.8 Å². The molecular weight excluding hydrogens is 759 g/mol. The van der Waals surface area contributed by atoms with E-state index in [0.717, 1.165) is 22.2 Å². The van der Waals surface area contributed by atoms with Gasteiger partial charge in [-0.05, 0) is 98.6 Å². The normalized spacial score (nSPS) is 14.3. The Balaban J connectivity index is 1.15. The fourth-order valence-electron chi connectivity index (χ4n) is 11.3. The van der Waals surface area contributed by atoms with Gasteiger partial charge in [0.25, 0.3) is 0 Å². The van der Waals surface area contributed by atoms with E-state index in [0.29, 0.717) is 0 Å². The summed E-state index contributed by atoms with van der Waals surface area (Å²) in [6.07, 6.45) is 0. The van der Waals surface area contributed by atoms with Crippen molar-refractivity contribution < 1.29 is 4.42 Å². The van der Waals surface area contributed by atoms with Gasteiger partial charge in [-0.25, -0.2) is 0 Å². The van der Waals surface area contributed by atoms with E-state index in [2.05, 4.69) is 219 Å². The number of hydrogen-bond donors (Lipinski definition) is 0. The van der Waals surface area contributed by atoms with E-state index < -0.39 is 5.41 Å². The molecule has 288 valence electrons. The van der Waals surface area contributed by atoms with Crippen molar-refractivity contribution in [1.29, 1.82) is 0 Å². The summed E-state index contributed by atoms with van der Waals surface area (Å²) in [4.78, 5) is 2.57. The highest BCUT2D eigenvalue weighted by atomic mass is 32.1. The predicted octanol–water partition coefficient (Wildman–Crippen LogP) is 16.1. The van der Waals surface area contributed by atoms with Crippen LogP contribution in [0, 0.1) is 0 Å². The van der Waals surface area contributed by atoms with Crippen LogP contribution in [0.4, 0.5) is 17.1 Å². The molecule has 0 spiro atoms. The molecular formula is C58H39NOS. The first-order chi connectivity index (χ1) is 30.0. The Hall–Kier alpha value is -7.20. The Kier molecular flexibility index (Phi) is 7.19. The van der Waals surface area contributed by atoms with Gasteiger partial charge in [0.15, 0.2) is 0 Å². The summed E-state index contributed by atoms with van der Waals surface area (Å²) in [5.41, 5.74) is 17.2. The van der Waals surface area contributed by atoms with Crippen LogP contribution in [0.5, 0.6) is 0 Å². The highest BCUT2D eigenvalue weighted by molar-refractivity contribution is 7.26. The number of thiophene rings is 1. The second kappa shape index (κ2) is 12.7. The van der Waals surface area contributed by atoms with Crippen molar-refractivity contribution in [2.24, 2.45) is 0 Å². The van der Waals surface area contributed by atoms with Crippen LogP contribution in [-0.2, 0) is 10.8 Å². The topological polar surface area (TPSA) is 16.4 Å². The molecule has 0 saturated heterocycles. The molecule has 0 aliphatic heterocycles. The number of nitrogens with zero attached hydrogens (tertiary/aromatic N) is 1. The monoisotopic (exact) mass is 797 g/mol. The molecule has 61 heavy (non-hydrogen) atoms. The van der Waals surface area contributed by atoms with Crippen molar-refractivity contribution >= 4 is 70.5 Å². The van der Waals surface area contributed by atoms with Gasteiger partial charge in [0, 0.05) is 47.6 Å². The quantitative estimate of drug-likeness (QED) is 0.172. The van der Waals surface area contributed by atoms with Crippen LogP contribution in [0.1, 0.15) is 47.2 Å². The number of furan rings is 1. The molecule has 0 atom stereocenters. The molecule has 11 aromatic rings. The third-order valence-electron chi connectivity index (χ3n) is 13.7. The number of fused-ring (bicyclic) bond motifs is 13. The fraction of sp³-hybridized carbons (Fsp3) is 0.0690. The van der Waals surface area contributed by atoms with Crippen LogP contribution >= 0.6 is 11.3 Å². The number of para-hydroxylation sites is 2. The standard InChI is InChI=1S/C58H39NOS/c1-57(2)54-42(43-32-33-44-41-24-11-15-30-50(41)60-56(44)55(43)57)26-17-29-48(54)59(38-20-7-4-8-21-38)49-34-37(35-52-53(49)45-25-12-16-31-51(45)61-52)58(36-18-5-3-6-19-36)46-27-13-9-22-39(46)40-23-10-14-28-47(40)58/h3-35H,1-2H3. The lowest BCUT2D eigenvalue weighted by Crippen LogP contribution is -2.29. The third-order valence-corrected chi connectivity index (χ3v) is 14.8. The minimum Gasteiger partial charge on any atom is -0.456 e. The molecule has 2 aromatic heterocycles. The van der Waals surface area contributed by atoms with Gasteiger partial charge in [-0.1, -0.05) is 166 Å². The number of hydrogen-bond acceptors (Lipinski definition) is 3. The summed E-state index contributed by atoms with van der Waals surface area (Å²) in [7, 11) is 0. The average molecular weight is 798 g/mol. The SMILES string of the molecule is CC1(C)c2c(cccc2N(c2ccccc2)c2cc(C3(c4ccccc4)c4ccccc4-c4ccccc43)cc3sc4ccccc4c23)-c2ccc3c(oc4ccccc43)c21. The average Bonchev–Trinajstić information content (AvgIpc) is 4.03. The van der Waals surface area contributed by atoms with E-state index in [4.69, 9.17) is 4.42 Å². The first kappa shape index (κ1) is 34.6. The van der Waals surface area contributed by atoms with E-state index in [1.165, 1.54) is 92.6 Å². The summed E-state index contributed by atoms with van der Waals surface area (Å²) >= 11 is 1.89. The molecule has 0 saturated carbocycles. The molecule has 0 radical (unpaired) electrons. The Labute approximate surface area is 358 Å². The maximum atomic E-state index is 6.80. The Morgan fingerprint density at radius 1 is 0.443 bits per heavy atom. The maximum Gasteiger partial charge on any atom is 0.140 e. The van der Waals surface area contributed by atoms with Crippen molar-refractivity contribution in [1.82, 2.24) is 0 Å². The van der Waals surface area contributed by atoms with Crippen molar-refractivity contribution in [3.05, 3.63) is 234 Å². The highest BCUT2D eigenvalue weighted by Gasteiger charge is 2.47. The van der Waals surface area contributed by atoms with Crippen LogP contribution in [0.25, 0.3) is 64.4 Å². The molecule has 3 heteroatoms. The minimum absolute atomic E-state index is 0.385. The first-order valence-electron chi connectivity index (χ1n) is 21.2. The molecule has 0 unspecified atom stereocenters. The largest absolute Gasteiger partial charge is 0.456 e. The summed E-state index contributed by atoms with van der Waals surface area (Å²) < 4.78 is 9.35. The molecule has 13 rings (SSSR count). The van der Waals surface area contributed by atoms with Crippen LogP contribution < -0.4 is 4.90 Å². The van der Waals surface area contributed by atoms with Crippen LogP contribution in [0.15, 0.2) is 205 Å². The molecule has 9 aromatic carbocycles. The zero-order valence-electron chi connectivity index (χ0n) is 33.8. The predicted molar refractivity (Wildman–Crippen MR) is 256 cm³/mol. The van der Waals surface area contributed by atoms with Crippen LogP contribution in [-0.4, -0.2) is 0 Å². The van der Waals surface area contributed by atoms with Crippen molar-refractivity contribution in [3.63, 3.8) is 0 Å². The molecule has 0 bridgehead atoms. The highest BCUT2D eigenvalue weighted by Crippen LogP contribution is 2.60. The van der Waals surface area contributed by atoms with E-state index in [1.807, 2.05) is 11.3 Å². The number of anilines is 3. The van der Waals surface area contributed by atoms with Gasteiger partial charge in [-0.2, -0.15) is 0 Å². The van der Waals surface area contributed by atoms with Crippen molar-refractivity contribution in [2.75, 3.05) is 4.90 Å². The van der Waals surface area contributed by atoms with Crippen LogP contribution in [0.3, 0.4) is 0 Å². The lowest BCUT2D eigenvalue weighted by molar-refractivity contribution is 0.620. The molecule has 2 heterocycles. The lowest BCUT2D eigenvalue weighted by Gasteiger charge is -2.36. The van der Waals surface area contributed by atoms with Gasteiger partial charge in [-0.3, -0.25) is 0 Å². The first-order valence-corrected chi connectivity index (χ1v) is 22.0. The Bertz CT molecular complexity index is 3530. The van der Waals surface area contributed by atoms with Gasteiger partial charge in [-0.15, -0.1) is 11.3 Å². The van der Waals surface area contributed by atoms with Gasteiger partial charge < -0.3 is 9.32 Å².